The summed E-state index contributed by atoms with van der Waals surface area (Å²) in [6.45, 7) is 7.59. The summed E-state index contributed by atoms with van der Waals surface area (Å²) in [7, 11) is 0. The molecule has 0 aromatic heterocycles. The molecule has 1 aromatic rings. The number of hydrogen-bond acceptors (Lipinski definition) is 5. The number of ether oxygens (including phenoxy) is 1. The molecule has 0 aliphatic carbocycles. The SMILES string of the molecule is CC#CCOC(=O)N1CC2CN(CCCNc3ccc(C#N)cc3)CC2C1. The topological polar surface area (TPSA) is 68.6 Å². The van der Waals surface area contributed by atoms with Gasteiger partial charge in [0.2, 0.25) is 0 Å². The number of hydrogen-bond donors (Lipinski definition) is 1. The third-order valence-electron chi connectivity index (χ3n) is 5.26. The van der Waals surface area contributed by atoms with Crippen LogP contribution in [0.25, 0.3) is 0 Å². The first kappa shape index (κ1) is 19.1. The number of nitriles is 1. The molecule has 0 saturated carbocycles. The molecule has 1 aromatic carbocycles. The van der Waals surface area contributed by atoms with Crippen LogP contribution in [0.4, 0.5) is 10.5 Å². The maximum atomic E-state index is 12.0. The molecule has 6 nitrogen and oxygen atoms in total. The normalized spacial score (nSPS) is 21.1. The lowest BCUT2D eigenvalue weighted by atomic mass is 10.0. The number of carbonyl (C=O) groups is 1. The molecule has 2 aliphatic heterocycles. The summed E-state index contributed by atoms with van der Waals surface area (Å²) in [6.07, 6.45) is 0.839. The lowest BCUT2D eigenvalue weighted by molar-refractivity contribution is 0.118. The van der Waals surface area contributed by atoms with E-state index in [1.54, 1.807) is 6.92 Å². The van der Waals surface area contributed by atoms with Crippen molar-refractivity contribution in [2.45, 2.75) is 13.3 Å². The largest absolute Gasteiger partial charge is 0.436 e. The quantitative estimate of drug-likeness (QED) is 0.618. The van der Waals surface area contributed by atoms with Crippen molar-refractivity contribution in [3.05, 3.63) is 29.8 Å². The third-order valence-corrected chi connectivity index (χ3v) is 5.26. The van der Waals surface area contributed by atoms with Gasteiger partial charge in [0.15, 0.2) is 6.61 Å². The van der Waals surface area contributed by atoms with Crippen LogP contribution < -0.4 is 5.32 Å². The Labute approximate surface area is 161 Å². The van der Waals surface area contributed by atoms with Gasteiger partial charge in [-0.1, -0.05) is 5.92 Å². The average molecular weight is 366 g/mol. The molecule has 0 radical (unpaired) electrons. The van der Waals surface area contributed by atoms with Crippen LogP contribution in [0.2, 0.25) is 0 Å². The smallest absolute Gasteiger partial charge is 0.410 e. The predicted molar refractivity (Wildman–Crippen MR) is 104 cm³/mol. The van der Waals surface area contributed by atoms with E-state index in [0.717, 1.165) is 51.4 Å². The minimum atomic E-state index is -0.231. The highest BCUT2D eigenvalue weighted by Gasteiger charge is 2.41. The number of rotatable bonds is 6. The van der Waals surface area contributed by atoms with Crippen molar-refractivity contribution >= 4 is 11.8 Å². The van der Waals surface area contributed by atoms with E-state index in [2.05, 4.69) is 28.1 Å². The minimum absolute atomic E-state index is 0.180. The molecule has 2 aliphatic rings. The van der Waals surface area contributed by atoms with E-state index in [-0.39, 0.29) is 12.7 Å². The molecular formula is C21H26N4O2. The van der Waals surface area contributed by atoms with Gasteiger partial charge in [0.25, 0.3) is 0 Å². The molecule has 2 unspecified atom stereocenters. The second-order valence-corrected chi connectivity index (χ2v) is 7.14. The van der Waals surface area contributed by atoms with E-state index >= 15 is 0 Å². The van der Waals surface area contributed by atoms with Crippen LogP contribution in [-0.4, -0.2) is 61.8 Å². The van der Waals surface area contributed by atoms with Crippen molar-refractivity contribution in [3.8, 4) is 17.9 Å². The summed E-state index contributed by atoms with van der Waals surface area (Å²) >= 11 is 0. The minimum Gasteiger partial charge on any atom is -0.436 e. The Morgan fingerprint density at radius 1 is 1.22 bits per heavy atom. The van der Waals surface area contributed by atoms with Gasteiger partial charge >= 0.3 is 6.09 Å². The molecule has 2 fully saturated rings. The van der Waals surface area contributed by atoms with Crippen molar-refractivity contribution in [2.24, 2.45) is 11.8 Å². The fraction of sp³-hybridized carbons (Fsp3) is 0.524. The van der Waals surface area contributed by atoms with E-state index in [1.807, 2.05) is 29.2 Å². The number of anilines is 1. The maximum Gasteiger partial charge on any atom is 0.410 e. The number of carbonyl (C=O) groups excluding carboxylic acids is 1. The van der Waals surface area contributed by atoms with Crippen LogP contribution in [-0.2, 0) is 4.74 Å². The molecule has 0 spiro atoms. The summed E-state index contributed by atoms with van der Waals surface area (Å²) in [5, 5.41) is 12.2. The number of nitrogens with zero attached hydrogens (tertiary/aromatic N) is 3. The van der Waals surface area contributed by atoms with E-state index in [0.29, 0.717) is 17.4 Å². The number of nitrogens with one attached hydrogen (secondary N) is 1. The lowest BCUT2D eigenvalue weighted by Crippen LogP contribution is -2.34. The maximum absolute atomic E-state index is 12.0. The van der Waals surface area contributed by atoms with Crippen LogP contribution in [0.1, 0.15) is 18.9 Å². The molecule has 2 saturated heterocycles. The van der Waals surface area contributed by atoms with Gasteiger partial charge in [0.05, 0.1) is 11.6 Å². The Morgan fingerprint density at radius 2 is 1.93 bits per heavy atom. The number of fused-ring (bicyclic) bond motifs is 1. The van der Waals surface area contributed by atoms with E-state index in [1.165, 1.54) is 0 Å². The van der Waals surface area contributed by atoms with Gasteiger partial charge in [-0.25, -0.2) is 4.79 Å². The van der Waals surface area contributed by atoms with Gasteiger partial charge in [-0.15, -0.1) is 5.92 Å². The highest BCUT2D eigenvalue weighted by atomic mass is 16.6. The fourth-order valence-corrected chi connectivity index (χ4v) is 3.88. The van der Waals surface area contributed by atoms with Gasteiger partial charge in [0, 0.05) is 38.4 Å². The standard InChI is InChI=1S/C21H26N4O2/c1-2-3-11-27-21(26)25-15-18-13-24(14-19(18)16-25)10-4-9-23-20-7-5-17(12-22)6-8-20/h5-8,18-19,23H,4,9-11,13-16H2,1H3. The summed E-state index contributed by atoms with van der Waals surface area (Å²) in [4.78, 5) is 16.3. The zero-order chi connectivity index (χ0) is 19.1. The number of amides is 1. The molecule has 1 N–H and O–H groups in total. The number of benzene rings is 1. The van der Waals surface area contributed by atoms with Gasteiger partial charge < -0.3 is 19.9 Å². The second kappa shape index (κ2) is 9.30. The number of likely N-dealkylation sites (tertiary alicyclic amines) is 2. The highest BCUT2D eigenvalue weighted by molar-refractivity contribution is 5.68. The third kappa shape index (κ3) is 5.15. The average Bonchev–Trinajstić information content (AvgIpc) is 3.24. The van der Waals surface area contributed by atoms with Crippen LogP contribution >= 0.6 is 0 Å². The molecule has 1 amide bonds. The first-order valence-corrected chi connectivity index (χ1v) is 9.47. The van der Waals surface area contributed by atoms with Crippen molar-refractivity contribution in [1.82, 2.24) is 9.80 Å². The Hall–Kier alpha value is -2.70. The Kier molecular flexibility index (Phi) is 6.57. The van der Waals surface area contributed by atoms with Crippen molar-refractivity contribution < 1.29 is 9.53 Å². The van der Waals surface area contributed by atoms with Crippen LogP contribution in [0.3, 0.4) is 0 Å². The van der Waals surface area contributed by atoms with Crippen LogP contribution in [0, 0.1) is 35.0 Å². The van der Waals surface area contributed by atoms with Gasteiger partial charge in [-0.05, 0) is 56.0 Å². The monoisotopic (exact) mass is 366 g/mol. The summed E-state index contributed by atoms with van der Waals surface area (Å²) in [5.41, 5.74) is 1.73. The molecule has 2 heterocycles. The molecule has 0 bridgehead atoms. The first-order chi connectivity index (χ1) is 13.2. The molecule has 6 heteroatoms. The van der Waals surface area contributed by atoms with Crippen LogP contribution in [0.5, 0.6) is 0 Å². The zero-order valence-electron chi connectivity index (χ0n) is 15.8. The van der Waals surface area contributed by atoms with Crippen molar-refractivity contribution in [3.63, 3.8) is 0 Å². The van der Waals surface area contributed by atoms with E-state index in [9.17, 15) is 4.79 Å². The Balaban J connectivity index is 1.32. The summed E-state index contributed by atoms with van der Waals surface area (Å²) in [6, 6.07) is 9.67. The molecular weight excluding hydrogens is 340 g/mol. The summed E-state index contributed by atoms with van der Waals surface area (Å²) in [5.74, 6) is 6.60. The Morgan fingerprint density at radius 3 is 2.56 bits per heavy atom. The summed E-state index contributed by atoms with van der Waals surface area (Å²) < 4.78 is 5.17. The molecule has 27 heavy (non-hydrogen) atoms. The first-order valence-electron chi connectivity index (χ1n) is 9.47. The van der Waals surface area contributed by atoms with E-state index < -0.39 is 0 Å². The molecule has 2 atom stereocenters. The Bertz CT molecular complexity index is 730. The van der Waals surface area contributed by atoms with Crippen LogP contribution in [0.15, 0.2) is 24.3 Å². The predicted octanol–water partition coefficient (Wildman–Crippen LogP) is 2.38. The van der Waals surface area contributed by atoms with Crippen molar-refractivity contribution in [1.29, 1.82) is 5.26 Å². The lowest BCUT2D eigenvalue weighted by Gasteiger charge is -2.21. The van der Waals surface area contributed by atoms with Gasteiger partial charge in [0.1, 0.15) is 0 Å². The van der Waals surface area contributed by atoms with E-state index in [4.69, 9.17) is 10.00 Å². The van der Waals surface area contributed by atoms with Crippen molar-refractivity contribution in [2.75, 3.05) is 51.2 Å². The second-order valence-electron chi connectivity index (χ2n) is 7.14. The highest BCUT2D eigenvalue weighted by Crippen LogP contribution is 2.31. The molecule has 3 rings (SSSR count). The molecule has 142 valence electrons. The zero-order valence-corrected chi connectivity index (χ0v) is 15.8. The fourth-order valence-electron chi connectivity index (χ4n) is 3.88. The van der Waals surface area contributed by atoms with Gasteiger partial charge in [-0.3, -0.25) is 0 Å². The van der Waals surface area contributed by atoms with Gasteiger partial charge in [-0.2, -0.15) is 5.26 Å².